The van der Waals surface area contributed by atoms with Crippen LogP contribution in [0.4, 0.5) is 11.4 Å². The Morgan fingerprint density at radius 2 is 1.35 bits per heavy atom. The molecule has 0 saturated carbocycles. The van der Waals surface area contributed by atoms with Gasteiger partial charge < -0.3 is 0 Å². The summed E-state index contributed by atoms with van der Waals surface area (Å²) in [6.45, 7) is 0. The van der Waals surface area contributed by atoms with Gasteiger partial charge in [-0.05, 0) is 28.9 Å². The average Bonchev–Trinajstić information content (AvgIpc) is 3.02. The van der Waals surface area contributed by atoms with Gasteiger partial charge in [0, 0.05) is 17.7 Å². The zero-order chi connectivity index (χ0) is 18.7. The molecule has 7 heteroatoms. The molecule has 26 heavy (non-hydrogen) atoms. The van der Waals surface area contributed by atoms with E-state index < -0.39 is 21.2 Å². The first kappa shape index (κ1) is 17.0. The number of carbonyl (C=O) groups excluding carboxylic acids is 1. The number of carbonyl (C=O) groups is 1. The van der Waals surface area contributed by atoms with Crippen molar-refractivity contribution in [1.82, 2.24) is 0 Å². The highest BCUT2D eigenvalue weighted by atomic mass is 16.6. The molecule has 2 aliphatic rings. The summed E-state index contributed by atoms with van der Waals surface area (Å²) >= 11 is 0. The summed E-state index contributed by atoms with van der Waals surface area (Å²) in [5.74, 6) is 0.110. The van der Waals surface area contributed by atoms with Crippen LogP contribution >= 0.6 is 0 Å². The predicted octanol–water partition coefficient (Wildman–Crippen LogP) is 4.11. The Balaban J connectivity index is 0.000000153. The molecule has 2 aromatic carbocycles. The van der Waals surface area contributed by atoms with Crippen molar-refractivity contribution >= 4 is 28.8 Å². The van der Waals surface area contributed by atoms with Crippen molar-refractivity contribution in [3.8, 4) is 0 Å². The second-order valence-corrected chi connectivity index (χ2v) is 5.45. The quantitative estimate of drug-likeness (QED) is 0.600. The van der Waals surface area contributed by atoms with Crippen LogP contribution in [0.15, 0.2) is 72.3 Å². The van der Waals surface area contributed by atoms with Crippen LogP contribution in [-0.2, 0) is 4.79 Å². The van der Waals surface area contributed by atoms with Crippen LogP contribution in [0, 0.1) is 20.2 Å². The number of fused-ring (bicyclic) bond motifs is 3. The van der Waals surface area contributed by atoms with E-state index >= 15 is 0 Å². The minimum Gasteiger partial charge on any atom is -0.289 e. The number of rotatable bonds is 2. The standard InChI is InChI=1S/C13H8O.C6H4N2O4/c14-13-7-3-6-11-10-5-2-1-4-9(10)8-12(11)13;9-7(10)5-3-1-2-4-6(5)8(11)12/h1-8H;1-4H. The molecular formula is C19H12N2O5. The normalized spacial score (nSPS) is 13.6. The number of ketones is 1. The third-order valence-corrected chi connectivity index (χ3v) is 3.89. The van der Waals surface area contributed by atoms with Crippen LogP contribution in [0.1, 0.15) is 11.1 Å². The fourth-order valence-electron chi connectivity index (χ4n) is 2.72. The second kappa shape index (κ2) is 6.94. The van der Waals surface area contributed by atoms with Crippen LogP contribution in [-0.4, -0.2) is 15.6 Å². The molecule has 2 aromatic rings. The third kappa shape index (κ3) is 3.18. The van der Waals surface area contributed by atoms with E-state index in [1.54, 1.807) is 6.08 Å². The van der Waals surface area contributed by atoms with Crippen molar-refractivity contribution in [3.05, 3.63) is 104 Å². The van der Waals surface area contributed by atoms with Gasteiger partial charge in [0.15, 0.2) is 5.78 Å². The maximum absolute atomic E-state index is 11.5. The topological polar surface area (TPSA) is 103 Å². The van der Waals surface area contributed by atoms with Crippen LogP contribution in [0.3, 0.4) is 0 Å². The van der Waals surface area contributed by atoms with Gasteiger partial charge >= 0.3 is 11.4 Å². The smallest absolute Gasteiger partial charge is 0.289 e. The summed E-state index contributed by atoms with van der Waals surface area (Å²) < 4.78 is 0. The lowest BCUT2D eigenvalue weighted by Gasteiger charge is -2.06. The molecule has 0 aliphatic heterocycles. The molecule has 2 aliphatic carbocycles. The lowest BCUT2D eigenvalue weighted by molar-refractivity contribution is -0.422. The van der Waals surface area contributed by atoms with Crippen molar-refractivity contribution in [3.63, 3.8) is 0 Å². The minimum absolute atomic E-state index is 0.110. The molecule has 0 atom stereocenters. The fraction of sp³-hybridized carbons (Fsp3) is 0. The van der Waals surface area contributed by atoms with Crippen molar-refractivity contribution in [2.45, 2.75) is 0 Å². The van der Waals surface area contributed by atoms with E-state index in [0.29, 0.717) is 0 Å². The van der Waals surface area contributed by atoms with E-state index in [1.807, 2.05) is 36.4 Å². The van der Waals surface area contributed by atoms with E-state index in [4.69, 9.17) is 0 Å². The Morgan fingerprint density at radius 3 is 1.96 bits per heavy atom. The van der Waals surface area contributed by atoms with Crippen molar-refractivity contribution in [2.75, 3.05) is 0 Å². The first-order valence-corrected chi connectivity index (χ1v) is 7.61. The number of benzene rings is 2. The predicted molar refractivity (Wildman–Crippen MR) is 96.3 cm³/mol. The van der Waals surface area contributed by atoms with Crippen LogP contribution in [0.5, 0.6) is 0 Å². The molecule has 0 amide bonds. The van der Waals surface area contributed by atoms with Gasteiger partial charge in [0.25, 0.3) is 0 Å². The number of para-hydroxylation sites is 2. The van der Waals surface area contributed by atoms with E-state index in [9.17, 15) is 25.0 Å². The highest BCUT2D eigenvalue weighted by Crippen LogP contribution is 2.37. The maximum atomic E-state index is 11.5. The van der Waals surface area contributed by atoms with Gasteiger partial charge in [-0.2, -0.15) is 0 Å². The number of nitrogens with zero attached hydrogens (tertiary/aromatic N) is 2. The Labute approximate surface area is 147 Å². The van der Waals surface area contributed by atoms with E-state index in [0.717, 1.165) is 28.8 Å². The van der Waals surface area contributed by atoms with Crippen molar-refractivity contribution < 1.29 is 14.6 Å². The van der Waals surface area contributed by atoms with Gasteiger partial charge in [-0.3, -0.25) is 25.0 Å². The molecule has 0 bridgehead atoms. The molecule has 0 unspecified atom stereocenters. The zero-order valence-electron chi connectivity index (χ0n) is 13.4. The van der Waals surface area contributed by atoms with Gasteiger partial charge in [-0.1, -0.05) is 48.6 Å². The monoisotopic (exact) mass is 348 g/mol. The van der Waals surface area contributed by atoms with Gasteiger partial charge in [-0.15, -0.1) is 0 Å². The molecule has 0 fully saturated rings. The first-order valence-electron chi connectivity index (χ1n) is 7.61. The van der Waals surface area contributed by atoms with Crippen molar-refractivity contribution in [2.24, 2.45) is 0 Å². The molecule has 7 nitrogen and oxygen atoms in total. The van der Waals surface area contributed by atoms with Gasteiger partial charge in [0.1, 0.15) is 0 Å². The molecule has 0 spiro atoms. The second-order valence-electron chi connectivity index (χ2n) is 5.45. The summed E-state index contributed by atoms with van der Waals surface area (Å²) in [6.07, 6.45) is 7.39. The van der Waals surface area contributed by atoms with E-state index in [1.165, 1.54) is 17.7 Å². The summed E-state index contributed by atoms with van der Waals surface area (Å²) in [4.78, 5) is 30.4. The largest absolute Gasteiger partial charge is 0.346 e. The lowest BCUT2D eigenvalue weighted by atomic mass is 9.96. The Bertz CT molecular complexity index is 985. The number of allylic oxidation sites excluding steroid dienone is 5. The number of hydrogen-bond donors (Lipinski definition) is 0. The molecule has 0 heterocycles. The van der Waals surface area contributed by atoms with Gasteiger partial charge in [0.05, 0.1) is 9.85 Å². The molecule has 0 saturated heterocycles. The Kier molecular flexibility index (Phi) is 4.53. The molecule has 0 radical (unpaired) electrons. The average molecular weight is 348 g/mol. The summed E-state index contributed by atoms with van der Waals surface area (Å²) in [6, 6.07) is 13.0. The number of nitro groups is 2. The Hall–Kier alpha value is -3.87. The van der Waals surface area contributed by atoms with Crippen LogP contribution < -0.4 is 0 Å². The first-order chi connectivity index (χ1) is 12.5. The van der Waals surface area contributed by atoms with Gasteiger partial charge in [0.2, 0.25) is 0 Å². The highest BCUT2D eigenvalue weighted by molar-refractivity contribution is 6.23. The minimum atomic E-state index is -0.780. The SMILES string of the molecule is O=C1C=CC=C2C1=Cc1ccccc12.O=[N+]([O-])c1ccccc1[N+](=O)[O-]. The molecular weight excluding hydrogens is 336 g/mol. The fourth-order valence-corrected chi connectivity index (χ4v) is 2.72. The molecule has 128 valence electrons. The molecule has 0 aromatic heterocycles. The van der Waals surface area contributed by atoms with Crippen LogP contribution in [0.2, 0.25) is 0 Å². The van der Waals surface area contributed by atoms with Gasteiger partial charge in [-0.25, -0.2) is 0 Å². The van der Waals surface area contributed by atoms with Crippen LogP contribution in [0.25, 0.3) is 11.6 Å². The summed E-state index contributed by atoms with van der Waals surface area (Å²) in [5, 5.41) is 20.5. The summed E-state index contributed by atoms with van der Waals surface area (Å²) in [7, 11) is 0. The molecule has 4 rings (SSSR count). The number of hydrogen-bond acceptors (Lipinski definition) is 5. The maximum Gasteiger partial charge on any atom is 0.346 e. The molecule has 0 N–H and O–H groups in total. The lowest BCUT2D eigenvalue weighted by Crippen LogP contribution is -2.00. The Morgan fingerprint density at radius 1 is 0.769 bits per heavy atom. The number of nitro benzene ring substituents is 2. The zero-order valence-corrected chi connectivity index (χ0v) is 13.4. The van der Waals surface area contributed by atoms with E-state index in [-0.39, 0.29) is 5.78 Å². The summed E-state index contributed by atoms with van der Waals surface area (Å²) in [5.41, 5.74) is 3.23. The third-order valence-electron chi connectivity index (χ3n) is 3.89. The van der Waals surface area contributed by atoms with Crippen molar-refractivity contribution in [1.29, 1.82) is 0 Å². The highest BCUT2D eigenvalue weighted by Gasteiger charge is 2.23. The van der Waals surface area contributed by atoms with E-state index in [2.05, 4.69) is 6.07 Å².